The van der Waals surface area contributed by atoms with Gasteiger partial charge in [-0.3, -0.25) is 14.9 Å². The van der Waals surface area contributed by atoms with Gasteiger partial charge in [0.2, 0.25) is 0 Å². The number of rotatable bonds is 1. The van der Waals surface area contributed by atoms with Crippen LogP contribution in [0.5, 0.6) is 0 Å². The quantitative estimate of drug-likeness (QED) is 0.411. The van der Waals surface area contributed by atoms with E-state index in [9.17, 15) is 14.9 Å². The smallest absolute Gasteiger partial charge is 0.297 e. The third-order valence-electron chi connectivity index (χ3n) is 1.82. The molecule has 14 heavy (non-hydrogen) atoms. The zero-order chi connectivity index (χ0) is 10.3. The van der Waals surface area contributed by atoms with Crippen LogP contribution in [0.3, 0.4) is 0 Å². The van der Waals surface area contributed by atoms with E-state index in [0.29, 0.717) is 0 Å². The fourth-order valence-electron chi connectivity index (χ4n) is 1.16. The van der Waals surface area contributed by atoms with Crippen LogP contribution in [0, 0.1) is 10.1 Å². The van der Waals surface area contributed by atoms with Gasteiger partial charge in [-0.05, 0) is 6.07 Å². The summed E-state index contributed by atoms with van der Waals surface area (Å²) in [4.78, 5) is 20.9. The van der Waals surface area contributed by atoms with Gasteiger partial charge in [-0.2, -0.15) is 0 Å². The van der Waals surface area contributed by atoms with Crippen molar-refractivity contribution in [2.75, 3.05) is 5.73 Å². The lowest BCUT2D eigenvalue weighted by Gasteiger charge is -1.98. The van der Waals surface area contributed by atoms with Crippen LogP contribution in [-0.4, -0.2) is 10.8 Å². The van der Waals surface area contributed by atoms with Gasteiger partial charge in [-0.1, -0.05) is 0 Å². The van der Waals surface area contributed by atoms with E-state index < -0.39 is 10.8 Å². The molecule has 7 heteroatoms. The number of nitro benzene ring substituents is 1. The number of fused-ring (bicyclic) bond motifs is 1. The summed E-state index contributed by atoms with van der Waals surface area (Å²) in [5.74, 6) is -0.580. The van der Waals surface area contributed by atoms with Crippen molar-refractivity contribution in [3.63, 3.8) is 0 Å². The number of anilines is 1. The van der Waals surface area contributed by atoms with Gasteiger partial charge in [0.15, 0.2) is 0 Å². The van der Waals surface area contributed by atoms with Crippen molar-refractivity contribution in [2.45, 2.75) is 0 Å². The number of amides is 1. The van der Waals surface area contributed by atoms with Crippen LogP contribution in [0.4, 0.5) is 17.1 Å². The lowest BCUT2D eigenvalue weighted by molar-refractivity contribution is -0.383. The zero-order valence-electron chi connectivity index (χ0n) is 6.80. The molecule has 70 valence electrons. The van der Waals surface area contributed by atoms with Gasteiger partial charge in [-0.15, -0.1) is 10.2 Å². The van der Waals surface area contributed by atoms with Gasteiger partial charge in [0.05, 0.1) is 10.5 Å². The van der Waals surface area contributed by atoms with Gasteiger partial charge in [-0.25, -0.2) is 0 Å². The minimum atomic E-state index is -0.652. The van der Waals surface area contributed by atoms with Gasteiger partial charge in [0, 0.05) is 6.07 Å². The van der Waals surface area contributed by atoms with Crippen LogP contribution in [0.2, 0.25) is 0 Å². The van der Waals surface area contributed by atoms with Gasteiger partial charge >= 0.3 is 0 Å². The zero-order valence-corrected chi connectivity index (χ0v) is 6.80. The third kappa shape index (κ3) is 1.03. The predicted octanol–water partition coefficient (Wildman–Crippen LogP) is 1.41. The highest BCUT2D eigenvalue weighted by molar-refractivity contribution is 6.03. The first-order chi connectivity index (χ1) is 6.59. The maximum atomic E-state index is 11.0. The normalized spacial score (nSPS) is 13.0. The molecule has 1 heterocycles. The fourth-order valence-corrected chi connectivity index (χ4v) is 1.16. The Bertz CT molecular complexity index is 479. The monoisotopic (exact) mass is 192 g/mol. The number of nitrogens with two attached hydrogens (primary N) is 1. The Hall–Kier alpha value is -2.31. The van der Waals surface area contributed by atoms with E-state index in [4.69, 9.17) is 5.73 Å². The molecule has 1 aromatic carbocycles. The molecule has 0 atom stereocenters. The number of carbonyl (C=O) groups excluding carboxylic acids is 1. The first-order valence-electron chi connectivity index (χ1n) is 3.63. The predicted molar refractivity (Wildman–Crippen MR) is 46.4 cm³/mol. The molecule has 0 spiro atoms. The molecule has 2 N–H and O–H groups in total. The summed E-state index contributed by atoms with van der Waals surface area (Å²) in [6, 6.07) is 2.36. The molecule has 0 unspecified atom stereocenters. The molecule has 1 aliphatic heterocycles. The molecule has 0 aliphatic carbocycles. The highest BCUT2D eigenvalue weighted by Crippen LogP contribution is 2.34. The molecule has 1 aliphatic rings. The first-order valence-corrected chi connectivity index (χ1v) is 3.63. The molecule has 0 saturated heterocycles. The number of hydrogen-bond acceptors (Lipinski definition) is 5. The average Bonchev–Trinajstić information content (AvgIpc) is 2.46. The van der Waals surface area contributed by atoms with Crippen LogP contribution < -0.4 is 5.73 Å². The van der Waals surface area contributed by atoms with Crippen LogP contribution in [0.25, 0.3) is 0 Å². The van der Waals surface area contributed by atoms with Gasteiger partial charge in [0.25, 0.3) is 11.6 Å². The molecule has 0 aromatic heterocycles. The Labute approximate surface area is 77.4 Å². The average molecular weight is 192 g/mol. The van der Waals surface area contributed by atoms with Crippen LogP contribution in [-0.2, 0) is 0 Å². The number of benzene rings is 1. The molecule has 0 saturated carbocycles. The van der Waals surface area contributed by atoms with Crippen molar-refractivity contribution < 1.29 is 9.72 Å². The fraction of sp³-hybridized carbons (Fsp3) is 0. The molecule has 0 fully saturated rings. The molecule has 1 amide bonds. The topological polar surface area (TPSA) is 111 Å². The number of nitrogens with zero attached hydrogens (tertiary/aromatic N) is 3. The van der Waals surface area contributed by atoms with E-state index in [1.54, 1.807) is 0 Å². The molecule has 0 radical (unpaired) electrons. The minimum absolute atomic E-state index is 0.0256. The van der Waals surface area contributed by atoms with Gasteiger partial charge in [0.1, 0.15) is 11.4 Å². The SMILES string of the molecule is Nc1cc2c(cc1[N+](=O)[O-])C(=O)N=N2. The van der Waals surface area contributed by atoms with E-state index in [1.807, 2.05) is 0 Å². The van der Waals surface area contributed by atoms with Crippen molar-refractivity contribution >= 4 is 23.0 Å². The molecule has 0 bridgehead atoms. The van der Waals surface area contributed by atoms with Crippen molar-refractivity contribution in [1.29, 1.82) is 0 Å². The van der Waals surface area contributed by atoms with E-state index in [0.717, 1.165) is 6.07 Å². The molecule has 2 rings (SSSR count). The second kappa shape index (κ2) is 2.59. The second-order valence-electron chi connectivity index (χ2n) is 2.69. The minimum Gasteiger partial charge on any atom is -0.393 e. The molecule has 1 aromatic rings. The highest BCUT2D eigenvalue weighted by atomic mass is 16.6. The van der Waals surface area contributed by atoms with Crippen molar-refractivity contribution in [3.05, 3.63) is 27.8 Å². The number of hydrogen-bond donors (Lipinski definition) is 1. The largest absolute Gasteiger partial charge is 0.393 e. The summed E-state index contributed by atoms with van der Waals surface area (Å²) < 4.78 is 0. The van der Waals surface area contributed by atoms with E-state index >= 15 is 0 Å². The van der Waals surface area contributed by atoms with E-state index in [2.05, 4.69) is 10.2 Å². The van der Waals surface area contributed by atoms with Crippen LogP contribution >= 0.6 is 0 Å². The van der Waals surface area contributed by atoms with Crippen molar-refractivity contribution in [2.24, 2.45) is 10.2 Å². The second-order valence-corrected chi connectivity index (χ2v) is 2.69. The molecular formula is C7H4N4O3. The molecule has 7 nitrogen and oxygen atoms in total. The summed E-state index contributed by atoms with van der Waals surface area (Å²) >= 11 is 0. The van der Waals surface area contributed by atoms with Gasteiger partial charge < -0.3 is 5.73 Å². The summed E-state index contributed by atoms with van der Waals surface area (Å²) in [6.07, 6.45) is 0. The first kappa shape index (κ1) is 8.30. The van der Waals surface area contributed by atoms with Crippen LogP contribution in [0.15, 0.2) is 22.4 Å². The number of nitro groups is 1. The van der Waals surface area contributed by atoms with Crippen LogP contribution in [0.1, 0.15) is 10.4 Å². The van der Waals surface area contributed by atoms with E-state index in [1.165, 1.54) is 6.07 Å². The maximum Gasteiger partial charge on any atom is 0.297 e. The summed E-state index contributed by atoms with van der Waals surface area (Å²) in [5.41, 5.74) is 5.45. The van der Waals surface area contributed by atoms with Crippen molar-refractivity contribution in [3.8, 4) is 0 Å². The Morgan fingerprint density at radius 2 is 2.07 bits per heavy atom. The Kier molecular flexibility index (Phi) is 1.53. The summed E-state index contributed by atoms with van der Waals surface area (Å²) in [5, 5.41) is 17.2. The third-order valence-corrected chi connectivity index (χ3v) is 1.82. The lowest BCUT2D eigenvalue weighted by atomic mass is 10.1. The number of nitrogen functional groups attached to an aromatic ring is 1. The maximum absolute atomic E-state index is 11.0. The standard InChI is InChI=1S/C7H4N4O3/c8-4-2-5-3(7(12)10-9-5)1-6(4)11(13)14/h1-2H,8H2. The number of carbonyl (C=O) groups is 1. The number of azo groups is 1. The van der Waals surface area contributed by atoms with E-state index in [-0.39, 0.29) is 22.6 Å². The molecular weight excluding hydrogens is 188 g/mol. The summed E-state index contributed by atoms with van der Waals surface area (Å²) in [6.45, 7) is 0. The highest BCUT2D eigenvalue weighted by Gasteiger charge is 2.23. The Balaban J connectivity index is 2.66. The Morgan fingerprint density at radius 1 is 1.36 bits per heavy atom. The Morgan fingerprint density at radius 3 is 2.71 bits per heavy atom. The lowest BCUT2D eigenvalue weighted by Crippen LogP contribution is -1.98. The van der Waals surface area contributed by atoms with Crippen molar-refractivity contribution in [1.82, 2.24) is 0 Å². The summed E-state index contributed by atoms with van der Waals surface area (Å²) in [7, 11) is 0.